The van der Waals surface area contributed by atoms with Crippen LogP contribution >= 0.6 is 0 Å². The highest BCUT2D eigenvalue weighted by molar-refractivity contribution is 5.77. The molecular weight excluding hydrogens is 352 g/mol. The van der Waals surface area contributed by atoms with Crippen LogP contribution in [0.3, 0.4) is 0 Å². The Bertz CT molecular complexity index is 992. The second-order valence-corrected chi connectivity index (χ2v) is 6.68. The number of hydrogen-bond donors (Lipinski definition) is 2. The van der Waals surface area contributed by atoms with E-state index in [2.05, 4.69) is 25.4 Å². The number of aromatic amines is 1. The van der Waals surface area contributed by atoms with E-state index in [0.717, 1.165) is 28.8 Å². The number of para-hydroxylation sites is 2. The first-order valence-corrected chi connectivity index (χ1v) is 9.38. The molecule has 2 aromatic carbocycles. The van der Waals surface area contributed by atoms with Crippen LogP contribution in [0.4, 0.5) is 0 Å². The van der Waals surface area contributed by atoms with Crippen molar-refractivity contribution in [1.29, 1.82) is 0 Å². The molecule has 28 heavy (non-hydrogen) atoms. The van der Waals surface area contributed by atoms with Crippen LogP contribution in [-0.2, 0) is 17.8 Å². The van der Waals surface area contributed by atoms with Crippen LogP contribution in [0.1, 0.15) is 30.3 Å². The van der Waals surface area contributed by atoms with Crippen LogP contribution in [-0.4, -0.2) is 30.6 Å². The minimum atomic E-state index is -0.0754. The summed E-state index contributed by atoms with van der Waals surface area (Å²) in [4.78, 5) is 24.4. The summed E-state index contributed by atoms with van der Waals surface area (Å²) in [5, 5.41) is 7.30. The number of benzene rings is 2. The van der Waals surface area contributed by atoms with Crippen molar-refractivity contribution < 1.29 is 4.79 Å². The Hall–Kier alpha value is -3.48. The summed E-state index contributed by atoms with van der Waals surface area (Å²) in [6.07, 6.45) is 4.90. The SMILES string of the molecule is O=C(CCc1nc2ccccc2[nH]1)N[C@@H](CCn1cncn1)c1ccccc1. The predicted octanol–water partition coefficient (Wildman–Crippen LogP) is 3.03. The van der Waals surface area contributed by atoms with Gasteiger partial charge in [0, 0.05) is 19.4 Å². The fourth-order valence-electron chi connectivity index (χ4n) is 3.24. The van der Waals surface area contributed by atoms with Gasteiger partial charge in [0.25, 0.3) is 0 Å². The number of fused-ring (bicyclic) bond motifs is 1. The number of aromatic nitrogens is 5. The number of carbonyl (C=O) groups is 1. The third kappa shape index (κ3) is 4.43. The van der Waals surface area contributed by atoms with Gasteiger partial charge in [-0.3, -0.25) is 9.48 Å². The zero-order valence-corrected chi connectivity index (χ0v) is 15.5. The van der Waals surface area contributed by atoms with E-state index in [1.54, 1.807) is 11.0 Å². The van der Waals surface area contributed by atoms with Crippen molar-refractivity contribution in [2.24, 2.45) is 0 Å². The van der Waals surface area contributed by atoms with Crippen molar-refractivity contribution in [2.45, 2.75) is 31.8 Å². The van der Waals surface area contributed by atoms with Crippen molar-refractivity contribution in [3.63, 3.8) is 0 Å². The van der Waals surface area contributed by atoms with Gasteiger partial charge < -0.3 is 10.3 Å². The number of nitrogens with zero attached hydrogens (tertiary/aromatic N) is 4. The van der Waals surface area contributed by atoms with Crippen LogP contribution in [0.2, 0.25) is 0 Å². The van der Waals surface area contributed by atoms with Crippen molar-refractivity contribution in [3.8, 4) is 0 Å². The molecule has 4 rings (SSSR count). The number of carbonyl (C=O) groups excluding carboxylic acids is 1. The Morgan fingerprint density at radius 3 is 2.71 bits per heavy atom. The lowest BCUT2D eigenvalue weighted by atomic mass is 10.0. The number of aryl methyl sites for hydroxylation is 2. The van der Waals surface area contributed by atoms with E-state index in [0.29, 0.717) is 19.4 Å². The largest absolute Gasteiger partial charge is 0.349 e. The number of amides is 1. The first kappa shape index (κ1) is 17.9. The van der Waals surface area contributed by atoms with Crippen molar-refractivity contribution in [3.05, 3.63) is 78.6 Å². The van der Waals surface area contributed by atoms with Gasteiger partial charge in [0.2, 0.25) is 5.91 Å². The Kier molecular flexibility index (Phi) is 5.42. The zero-order valence-electron chi connectivity index (χ0n) is 15.5. The summed E-state index contributed by atoms with van der Waals surface area (Å²) < 4.78 is 1.77. The Morgan fingerprint density at radius 1 is 1.11 bits per heavy atom. The summed E-state index contributed by atoms with van der Waals surface area (Å²) in [5.41, 5.74) is 3.00. The summed E-state index contributed by atoms with van der Waals surface area (Å²) in [6.45, 7) is 0.684. The maximum absolute atomic E-state index is 12.6. The molecule has 0 saturated heterocycles. The lowest BCUT2D eigenvalue weighted by molar-refractivity contribution is -0.121. The normalized spacial score (nSPS) is 12.1. The Balaban J connectivity index is 1.38. The highest BCUT2D eigenvalue weighted by Crippen LogP contribution is 2.18. The molecule has 0 fully saturated rings. The van der Waals surface area contributed by atoms with E-state index < -0.39 is 0 Å². The second kappa shape index (κ2) is 8.47. The lowest BCUT2D eigenvalue weighted by Crippen LogP contribution is -2.29. The van der Waals surface area contributed by atoms with E-state index in [4.69, 9.17) is 0 Å². The van der Waals surface area contributed by atoms with E-state index in [1.165, 1.54) is 6.33 Å². The van der Waals surface area contributed by atoms with Crippen LogP contribution in [0.15, 0.2) is 67.3 Å². The molecule has 0 unspecified atom stereocenters. The maximum atomic E-state index is 12.6. The Labute approximate surface area is 162 Å². The predicted molar refractivity (Wildman–Crippen MR) is 106 cm³/mol. The molecule has 2 aromatic heterocycles. The molecule has 0 aliphatic heterocycles. The van der Waals surface area contributed by atoms with Crippen molar-refractivity contribution in [2.75, 3.05) is 0 Å². The molecule has 0 bridgehead atoms. The van der Waals surface area contributed by atoms with Crippen LogP contribution < -0.4 is 5.32 Å². The molecule has 4 aromatic rings. The Morgan fingerprint density at radius 2 is 1.93 bits per heavy atom. The third-order valence-electron chi connectivity index (χ3n) is 4.68. The third-order valence-corrected chi connectivity index (χ3v) is 4.68. The molecule has 0 radical (unpaired) electrons. The summed E-state index contributed by atoms with van der Waals surface area (Å²) in [5.74, 6) is 0.836. The quantitative estimate of drug-likeness (QED) is 0.496. The molecule has 7 nitrogen and oxygen atoms in total. The smallest absolute Gasteiger partial charge is 0.220 e. The fraction of sp³-hybridized carbons (Fsp3) is 0.238. The van der Waals surface area contributed by atoms with Gasteiger partial charge in [-0.15, -0.1) is 0 Å². The average Bonchev–Trinajstić information content (AvgIpc) is 3.39. The fourth-order valence-corrected chi connectivity index (χ4v) is 3.24. The highest BCUT2D eigenvalue weighted by atomic mass is 16.1. The first-order valence-electron chi connectivity index (χ1n) is 9.38. The lowest BCUT2D eigenvalue weighted by Gasteiger charge is -2.19. The molecule has 1 atom stereocenters. The number of rotatable bonds is 8. The van der Waals surface area contributed by atoms with Gasteiger partial charge in [-0.2, -0.15) is 5.10 Å². The number of H-pyrrole nitrogens is 1. The average molecular weight is 374 g/mol. The maximum Gasteiger partial charge on any atom is 0.220 e. The number of imidazole rings is 1. The van der Waals surface area contributed by atoms with Gasteiger partial charge in [0.15, 0.2) is 0 Å². The molecule has 2 heterocycles. The summed E-state index contributed by atoms with van der Waals surface area (Å²) in [7, 11) is 0. The number of nitrogens with one attached hydrogen (secondary N) is 2. The minimum absolute atomic E-state index is 0.00731. The van der Waals surface area contributed by atoms with Gasteiger partial charge in [-0.25, -0.2) is 9.97 Å². The van der Waals surface area contributed by atoms with Gasteiger partial charge >= 0.3 is 0 Å². The summed E-state index contributed by atoms with van der Waals surface area (Å²) >= 11 is 0. The van der Waals surface area contributed by atoms with Crippen molar-refractivity contribution >= 4 is 16.9 Å². The highest BCUT2D eigenvalue weighted by Gasteiger charge is 2.15. The van der Waals surface area contributed by atoms with Crippen LogP contribution in [0.25, 0.3) is 11.0 Å². The monoisotopic (exact) mass is 374 g/mol. The van der Waals surface area contributed by atoms with E-state index in [9.17, 15) is 4.79 Å². The molecular formula is C21H22N6O. The summed E-state index contributed by atoms with van der Waals surface area (Å²) in [6, 6.07) is 17.8. The molecule has 0 saturated carbocycles. The van der Waals surface area contributed by atoms with Gasteiger partial charge in [0.1, 0.15) is 18.5 Å². The van der Waals surface area contributed by atoms with E-state index in [-0.39, 0.29) is 11.9 Å². The standard InChI is InChI=1S/C21H22N6O/c28-21(11-10-20-24-18-8-4-5-9-19(18)25-20)26-17(16-6-2-1-3-7-16)12-13-27-15-22-14-23-27/h1-9,14-15,17H,10-13H2,(H,24,25)(H,26,28)/t17-/m0/s1. The molecule has 142 valence electrons. The minimum Gasteiger partial charge on any atom is -0.349 e. The van der Waals surface area contributed by atoms with Crippen LogP contribution in [0.5, 0.6) is 0 Å². The number of hydrogen-bond acceptors (Lipinski definition) is 4. The van der Waals surface area contributed by atoms with E-state index >= 15 is 0 Å². The van der Waals surface area contributed by atoms with E-state index in [1.807, 2.05) is 54.6 Å². The van der Waals surface area contributed by atoms with Crippen LogP contribution in [0, 0.1) is 0 Å². The zero-order chi connectivity index (χ0) is 19.2. The first-order chi connectivity index (χ1) is 13.8. The molecule has 0 aliphatic rings. The second-order valence-electron chi connectivity index (χ2n) is 6.68. The molecule has 0 aliphatic carbocycles. The van der Waals surface area contributed by atoms with Gasteiger partial charge in [-0.05, 0) is 24.1 Å². The molecule has 0 spiro atoms. The van der Waals surface area contributed by atoms with Crippen molar-refractivity contribution in [1.82, 2.24) is 30.0 Å². The molecule has 2 N–H and O–H groups in total. The topological polar surface area (TPSA) is 88.5 Å². The van der Waals surface area contributed by atoms with Gasteiger partial charge in [0.05, 0.1) is 17.1 Å². The van der Waals surface area contributed by atoms with Gasteiger partial charge in [-0.1, -0.05) is 42.5 Å². The molecule has 7 heteroatoms. The molecule has 1 amide bonds.